The van der Waals surface area contributed by atoms with Gasteiger partial charge in [0.15, 0.2) is 0 Å². The first-order valence-corrected chi connectivity index (χ1v) is 4.83. The number of aromatic amines is 1. The van der Waals surface area contributed by atoms with Crippen LogP contribution < -0.4 is 0 Å². The first-order chi connectivity index (χ1) is 7.25. The standard InChI is InChI=1S/C9H13N3O3/c13-9(14)7-5-10-8(11-7)6-12-1-3-15-4-2-12/h5H,1-4,6H2,(H,10,11)(H,13,14). The number of ether oxygens (including phenoxy) is 1. The fraction of sp³-hybridized carbons (Fsp3) is 0.556. The SMILES string of the molecule is O=C(O)c1cnc(CN2CCOCC2)[nH]1. The van der Waals surface area contributed by atoms with Gasteiger partial charge in [-0.2, -0.15) is 0 Å². The summed E-state index contributed by atoms with van der Waals surface area (Å²) in [6, 6.07) is 0. The minimum absolute atomic E-state index is 0.137. The van der Waals surface area contributed by atoms with Crippen molar-refractivity contribution >= 4 is 5.97 Å². The minimum atomic E-state index is -0.976. The first-order valence-electron chi connectivity index (χ1n) is 4.83. The number of carboxylic acids is 1. The van der Waals surface area contributed by atoms with Gasteiger partial charge in [0, 0.05) is 13.1 Å². The van der Waals surface area contributed by atoms with Gasteiger partial charge >= 0.3 is 5.97 Å². The number of imidazole rings is 1. The van der Waals surface area contributed by atoms with E-state index < -0.39 is 5.97 Å². The molecule has 1 saturated heterocycles. The summed E-state index contributed by atoms with van der Waals surface area (Å²) >= 11 is 0. The minimum Gasteiger partial charge on any atom is -0.477 e. The van der Waals surface area contributed by atoms with Crippen molar-refractivity contribution in [2.24, 2.45) is 0 Å². The summed E-state index contributed by atoms with van der Waals surface area (Å²) in [5.74, 6) is -0.287. The van der Waals surface area contributed by atoms with Crippen molar-refractivity contribution in [1.82, 2.24) is 14.9 Å². The Bertz CT molecular complexity index is 344. The molecule has 2 N–H and O–H groups in total. The third-order valence-corrected chi connectivity index (χ3v) is 2.34. The number of carbonyl (C=O) groups is 1. The van der Waals surface area contributed by atoms with E-state index in [0.717, 1.165) is 26.3 Å². The number of nitrogens with zero attached hydrogens (tertiary/aromatic N) is 2. The maximum Gasteiger partial charge on any atom is 0.353 e. The summed E-state index contributed by atoms with van der Waals surface area (Å²) in [5, 5.41) is 8.70. The molecule has 2 heterocycles. The van der Waals surface area contributed by atoms with Crippen molar-refractivity contribution < 1.29 is 14.6 Å². The zero-order valence-corrected chi connectivity index (χ0v) is 8.27. The molecule has 0 spiro atoms. The van der Waals surface area contributed by atoms with Crippen LogP contribution in [0, 0.1) is 0 Å². The van der Waals surface area contributed by atoms with Crippen molar-refractivity contribution in [1.29, 1.82) is 0 Å². The molecular weight excluding hydrogens is 198 g/mol. The molecule has 0 amide bonds. The lowest BCUT2D eigenvalue weighted by molar-refractivity contribution is 0.0331. The van der Waals surface area contributed by atoms with Crippen molar-refractivity contribution in [2.75, 3.05) is 26.3 Å². The van der Waals surface area contributed by atoms with Gasteiger partial charge in [-0.05, 0) is 0 Å². The highest BCUT2D eigenvalue weighted by molar-refractivity contribution is 5.84. The lowest BCUT2D eigenvalue weighted by Crippen LogP contribution is -2.35. The molecule has 1 fully saturated rings. The number of nitrogens with one attached hydrogen (secondary N) is 1. The number of carboxylic acid groups (broad SMARTS) is 1. The van der Waals surface area contributed by atoms with E-state index in [9.17, 15) is 4.79 Å². The van der Waals surface area contributed by atoms with Crippen LogP contribution in [-0.2, 0) is 11.3 Å². The Labute approximate surface area is 86.9 Å². The highest BCUT2D eigenvalue weighted by Gasteiger charge is 2.13. The Balaban J connectivity index is 1.94. The predicted octanol–water partition coefficient (Wildman–Crippen LogP) is -0.0599. The lowest BCUT2D eigenvalue weighted by atomic mass is 10.4. The normalized spacial score (nSPS) is 17.9. The number of rotatable bonds is 3. The maximum atomic E-state index is 10.6. The number of aromatic nitrogens is 2. The molecule has 6 heteroatoms. The molecule has 6 nitrogen and oxygen atoms in total. The quantitative estimate of drug-likeness (QED) is 0.732. The molecule has 2 rings (SSSR count). The van der Waals surface area contributed by atoms with Gasteiger partial charge < -0.3 is 14.8 Å². The van der Waals surface area contributed by atoms with E-state index in [1.54, 1.807) is 0 Å². The van der Waals surface area contributed by atoms with Crippen LogP contribution in [0.2, 0.25) is 0 Å². The Morgan fingerprint density at radius 2 is 2.33 bits per heavy atom. The molecule has 15 heavy (non-hydrogen) atoms. The third-order valence-electron chi connectivity index (χ3n) is 2.34. The topological polar surface area (TPSA) is 78.4 Å². The van der Waals surface area contributed by atoms with Crippen LogP contribution in [0.1, 0.15) is 16.3 Å². The summed E-state index contributed by atoms with van der Waals surface area (Å²) in [6.45, 7) is 3.84. The first kappa shape index (κ1) is 10.1. The average molecular weight is 211 g/mol. The van der Waals surface area contributed by atoms with E-state index in [0.29, 0.717) is 12.4 Å². The molecule has 1 aliphatic heterocycles. The van der Waals surface area contributed by atoms with E-state index in [2.05, 4.69) is 14.9 Å². The Morgan fingerprint density at radius 3 is 2.93 bits per heavy atom. The second-order valence-electron chi connectivity index (χ2n) is 3.44. The number of aromatic carboxylic acids is 1. The summed E-state index contributed by atoms with van der Waals surface area (Å²) < 4.78 is 5.21. The van der Waals surface area contributed by atoms with Crippen LogP contribution in [0.3, 0.4) is 0 Å². The van der Waals surface area contributed by atoms with Crippen LogP contribution in [0.15, 0.2) is 6.20 Å². The molecule has 1 aliphatic rings. The van der Waals surface area contributed by atoms with Gasteiger partial charge in [0.25, 0.3) is 0 Å². The van der Waals surface area contributed by atoms with Gasteiger partial charge in [-0.25, -0.2) is 9.78 Å². The molecule has 0 saturated carbocycles. The van der Waals surface area contributed by atoms with Crippen molar-refractivity contribution in [3.63, 3.8) is 0 Å². The van der Waals surface area contributed by atoms with Gasteiger partial charge in [-0.3, -0.25) is 4.90 Å². The molecule has 0 bridgehead atoms. The van der Waals surface area contributed by atoms with Crippen LogP contribution in [0.5, 0.6) is 0 Å². The van der Waals surface area contributed by atoms with E-state index in [1.807, 2.05) is 0 Å². The molecule has 0 unspecified atom stereocenters. The lowest BCUT2D eigenvalue weighted by Gasteiger charge is -2.25. The fourth-order valence-corrected chi connectivity index (χ4v) is 1.52. The largest absolute Gasteiger partial charge is 0.477 e. The summed E-state index contributed by atoms with van der Waals surface area (Å²) in [5.41, 5.74) is 0.137. The molecule has 1 aromatic heterocycles. The molecule has 1 aromatic rings. The molecule has 0 aromatic carbocycles. The van der Waals surface area contributed by atoms with Crippen LogP contribution in [-0.4, -0.2) is 52.2 Å². The van der Waals surface area contributed by atoms with Gasteiger partial charge in [0.05, 0.1) is 26.0 Å². The van der Waals surface area contributed by atoms with Crippen LogP contribution in [0.25, 0.3) is 0 Å². The van der Waals surface area contributed by atoms with E-state index >= 15 is 0 Å². The number of morpholine rings is 1. The van der Waals surface area contributed by atoms with Gasteiger partial charge in [0.1, 0.15) is 11.5 Å². The zero-order chi connectivity index (χ0) is 10.7. The summed E-state index contributed by atoms with van der Waals surface area (Å²) in [6.07, 6.45) is 1.35. The molecule has 0 aliphatic carbocycles. The predicted molar refractivity (Wildman–Crippen MR) is 51.6 cm³/mol. The summed E-state index contributed by atoms with van der Waals surface area (Å²) in [7, 11) is 0. The molecular formula is C9H13N3O3. The van der Waals surface area contributed by atoms with Gasteiger partial charge in [-0.1, -0.05) is 0 Å². The highest BCUT2D eigenvalue weighted by Crippen LogP contribution is 2.04. The number of hydrogen-bond acceptors (Lipinski definition) is 4. The highest BCUT2D eigenvalue weighted by atomic mass is 16.5. The van der Waals surface area contributed by atoms with E-state index in [4.69, 9.17) is 9.84 Å². The number of H-pyrrole nitrogens is 1. The van der Waals surface area contributed by atoms with Crippen molar-refractivity contribution in [3.8, 4) is 0 Å². The van der Waals surface area contributed by atoms with E-state index in [1.165, 1.54) is 6.20 Å². The monoisotopic (exact) mass is 211 g/mol. The maximum absolute atomic E-state index is 10.6. The second kappa shape index (κ2) is 4.41. The number of hydrogen-bond donors (Lipinski definition) is 2. The van der Waals surface area contributed by atoms with Crippen molar-refractivity contribution in [3.05, 3.63) is 17.7 Å². The Kier molecular flexibility index (Phi) is 2.98. The second-order valence-corrected chi connectivity index (χ2v) is 3.44. The van der Waals surface area contributed by atoms with Gasteiger partial charge in [-0.15, -0.1) is 0 Å². The molecule has 0 radical (unpaired) electrons. The van der Waals surface area contributed by atoms with Crippen LogP contribution >= 0.6 is 0 Å². The average Bonchev–Trinajstić information content (AvgIpc) is 2.68. The van der Waals surface area contributed by atoms with Gasteiger partial charge in [0.2, 0.25) is 0 Å². The third kappa shape index (κ3) is 2.54. The Hall–Kier alpha value is -1.40. The van der Waals surface area contributed by atoms with Crippen molar-refractivity contribution in [2.45, 2.75) is 6.54 Å². The van der Waals surface area contributed by atoms with E-state index in [-0.39, 0.29) is 5.69 Å². The summed E-state index contributed by atoms with van der Waals surface area (Å²) in [4.78, 5) is 19.6. The smallest absolute Gasteiger partial charge is 0.353 e. The fourth-order valence-electron chi connectivity index (χ4n) is 1.52. The Morgan fingerprint density at radius 1 is 1.60 bits per heavy atom. The zero-order valence-electron chi connectivity index (χ0n) is 8.27. The molecule has 82 valence electrons. The van der Waals surface area contributed by atoms with Crippen LogP contribution in [0.4, 0.5) is 0 Å². The molecule has 0 atom stereocenters.